The van der Waals surface area contributed by atoms with Crippen molar-refractivity contribution in [3.63, 3.8) is 0 Å². The Hall–Kier alpha value is -0.900. The standard InChI is InChI=1S/C19H29N3O3.HI/c1-3-14-6-5-7-15(4-2)17(14)22-18(20)21-12-16-13-24-19(25-16)8-10-23-11-9-19;/h5-7,16H,3-4,8-13H2,1-2H3,(H3,20,21,22);1H. The monoisotopic (exact) mass is 475 g/mol. The minimum Gasteiger partial charge on any atom is -0.381 e. The normalized spacial score (nSPS) is 22.2. The number of para-hydroxylation sites is 1. The molecule has 2 aliphatic rings. The van der Waals surface area contributed by atoms with Gasteiger partial charge in [-0.2, -0.15) is 0 Å². The molecule has 1 spiro atoms. The van der Waals surface area contributed by atoms with Gasteiger partial charge in [-0.05, 0) is 24.0 Å². The van der Waals surface area contributed by atoms with Crippen LogP contribution >= 0.6 is 24.0 Å². The zero-order valence-corrected chi connectivity index (χ0v) is 18.0. The molecule has 6 nitrogen and oxygen atoms in total. The van der Waals surface area contributed by atoms with E-state index in [-0.39, 0.29) is 30.1 Å². The lowest BCUT2D eigenvalue weighted by molar-refractivity contribution is -0.210. The fraction of sp³-hybridized carbons (Fsp3) is 0.632. The molecule has 0 amide bonds. The van der Waals surface area contributed by atoms with Gasteiger partial charge < -0.3 is 25.3 Å². The van der Waals surface area contributed by atoms with E-state index in [4.69, 9.17) is 19.9 Å². The number of guanidine groups is 1. The van der Waals surface area contributed by atoms with Crippen molar-refractivity contribution in [2.75, 3.05) is 31.7 Å². The molecule has 1 aromatic rings. The average molecular weight is 475 g/mol. The van der Waals surface area contributed by atoms with Crippen LogP contribution in [0.5, 0.6) is 0 Å². The van der Waals surface area contributed by atoms with E-state index in [9.17, 15) is 0 Å². The number of aryl methyl sites for hydroxylation is 2. The highest BCUT2D eigenvalue weighted by Gasteiger charge is 2.42. The lowest BCUT2D eigenvalue weighted by Gasteiger charge is -2.31. The fourth-order valence-electron chi connectivity index (χ4n) is 3.42. The van der Waals surface area contributed by atoms with Crippen LogP contribution in [-0.2, 0) is 27.1 Å². The largest absolute Gasteiger partial charge is 0.381 e. The van der Waals surface area contributed by atoms with E-state index in [0.717, 1.165) is 31.4 Å². The summed E-state index contributed by atoms with van der Waals surface area (Å²) in [6, 6.07) is 6.34. The zero-order chi connectivity index (χ0) is 17.7. The van der Waals surface area contributed by atoms with Crippen LogP contribution in [0.1, 0.15) is 37.8 Å². The summed E-state index contributed by atoms with van der Waals surface area (Å²) in [5.41, 5.74) is 9.70. The highest BCUT2D eigenvalue weighted by atomic mass is 127. The molecule has 0 aliphatic carbocycles. The number of halogens is 1. The van der Waals surface area contributed by atoms with Gasteiger partial charge in [-0.25, -0.2) is 0 Å². The van der Waals surface area contributed by atoms with E-state index in [1.807, 2.05) is 0 Å². The predicted octanol–water partition coefficient (Wildman–Crippen LogP) is 3.08. The van der Waals surface area contributed by atoms with Gasteiger partial charge in [0.25, 0.3) is 0 Å². The average Bonchev–Trinajstić information content (AvgIpc) is 3.03. The molecule has 26 heavy (non-hydrogen) atoms. The first-order chi connectivity index (χ1) is 12.2. The van der Waals surface area contributed by atoms with Crippen LogP contribution in [0.3, 0.4) is 0 Å². The van der Waals surface area contributed by atoms with E-state index < -0.39 is 5.79 Å². The van der Waals surface area contributed by atoms with Crippen LogP contribution in [0.2, 0.25) is 0 Å². The second-order valence-electron chi connectivity index (χ2n) is 6.58. The summed E-state index contributed by atoms with van der Waals surface area (Å²) in [6.07, 6.45) is 3.42. The molecular weight excluding hydrogens is 445 g/mol. The molecule has 1 aromatic carbocycles. The predicted molar refractivity (Wildman–Crippen MR) is 114 cm³/mol. The Balaban J connectivity index is 0.00000243. The SMILES string of the molecule is CCc1cccc(CC)c1NC(N)=NCC1COC2(CCOCC2)O1.I. The second kappa shape index (κ2) is 9.87. The molecule has 0 radical (unpaired) electrons. The van der Waals surface area contributed by atoms with Crippen molar-refractivity contribution in [3.05, 3.63) is 29.3 Å². The fourth-order valence-corrected chi connectivity index (χ4v) is 3.42. The molecule has 0 saturated carbocycles. The Bertz CT molecular complexity index is 596. The van der Waals surface area contributed by atoms with Gasteiger partial charge in [-0.1, -0.05) is 32.0 Å². The van der Waals surface area contributed by atoms with E-state index in [1.54, 1.807) is 0 Å². The van der Waals surface area contributed by atoms with Crippen LogP contribution in [0, 0.1) is 0 Å². The number of nitrogens with zero attached hydrogens (tertiary/aromatic N) is 1. The molecule has 2 saturated heterocycles. The van der Waals surface area contributed by atoms with Crippen molar-refractivity contribution >= 4 is 35.6 Å². The molecule has 2 aliphatic heterocycles. The third-order valence-corrected chi connectivity index (χ3v) is 4.89. The number of aliphatic imine (C=N–C) groups is 1. The zero-order valence-electron chi connectivity index (χ0n) is 15.6. The van der Waals surface area contributed by atoms with Gasteiger partial charge in [0.15, 0.2) is 11.7 Å². The van der Waals surface area contributed by atoms with Crippen LogP contribution < -0.4 is 11.1 Å². The summed E-state index contributed by atoms with van der Waals surface area (Å²) in [7, 11) is 0. The topological polar surface area (TPSA) is 78.1 Å². The summed E-state index contributed by atoms with van der Waals surface area (Å²) in [5, 5.41) is 3.29. The number of hydrogen-bond donors (Lipinski definition) is 2. The molecular formula is C19H30IN3O3. The molecule has 3 rings (SSSR count). The quantitative estimate of drug-likeness (QED) is 0.389. The maximum Gasteiger partial charge on any atom is 0.193 e. The summed E-state index contributed by atoms with van der Waals surface area (Å²) >= 11 is 0. The van der Waals surface area contributed by atoms with Crippen molar-refractivity contribution in [2.45, 2.75) is 51.4 Å². The van der Waals surface area contributed by atoms with E-state index in [2.05, 4.69) is 42.4 Å². The first kappa shape index (κ1) is 21.4. The van der Waals surface area contributed by atoms with Gasteiger partial charge in [0.05, 0.1) is 26.4 Å². The minimum absolute atomic E-state index is 0. The third-order valence-electron chi connectivity index (χ3n) is 4.89. The van der Waals surface area contributed by atoms with Crippen LogP contribution in [0.4, 0.5) is 5.69 Å². The lowest BCUT2D eigenvalue weighted by atomic mass is 10.0. The highest BCUT2D eigenvalue weighted by Crippen LogP contribution is 2.33. The number of hydrogen-bond acceptors (Lipinski definition) is 4. The van der Waals surface area contributed by atoms with Gasteiger partial charge in [0, 0.05) is 18.5 Å². The Kier molecular flexibility index (Phi) is 8.12. The van der Waals surface area contributed by atoms with Crippen LogP contribution in [-0.4, -0.2) is 44.2 Å². The van der Waals surface area contributed by atoms with Gasteiger partial charge in [-0.3, -0.25) is 4.99 Å². The van der Waals surface area contributed by atoms with E-state index in [0.29, 0.717) is 32.3 Å². The maximum absolute atomic E-state index is 6.12. The minimum atomic E-state index is -0.467. The Morgan fingerprint density at radius 1 is 1.23 bits per heavy atom. The highest BCUT2D eigenvalue weighted by molar-refractivity contribution is 14.0. The molecule has 0 aromatic heterocycles. The number of benzene rings is 1. The van der Waals surface area contributed by atoms with Crippen molar-refractivity contribution in [1.82, 2.24) is 0 Å². The molecule has 3 N–H and O–H groups in total. The van der Waals surface area contributed by atoms with Crippen LogP contribution in [0.25, 0.3) is 0 Å². The lowest BCUT2D eigenvalue weighted by Crippen LogP contribution is -2.38. The number of nitrogens with two attached hydrogens (primary N) is 1. The van der Waals surface area contributed by atoms with Crippen molar-refractivity contribution in [3.8, 4) is 0 Å². The van der Waals surface area contributed by atoms with Crippen molar-refractivity contribution in [1.29, 1.82) is 0 Å². The molecule has 1 unspecified atom stereocenters. The third kappa shape index (κ3) is 5.09. The van der Waals surface area contributed by atoms with Gasteiger partial charge in [-0.15, -0.1) is 24.0 Å². The van der Waals surface area contributed by atoms with Gasteiger partial charge >= 0.3 is 0 Å². The molecule has 7 heteroatoms. The molecule has 0 bridgehead atoms. The Morgan fingerprint density at radius 3 is 2.50 bits per heavy atom. The summed E-state index contributed by atoms with van der Waals surface area (Å²) in [6.45, 7) is 6.72. The van der Waals surface area contributed by atoms with Crippen molar-refractivity contribution < 1.29 is 14.2 Å². The number of rotatable bonds is 5. The maximum atomic E-state index is 6.12. The van der Waals surface area contributed by atoms with E-state index >= 15 is 0 Å². The second-order valence-corrected chi connectivity index (χ2v) is 6.58. The molecule has 2 heterocycles. The number of nitrogens with one attached hydrogen (secondary N) is 1. The van der Waals surface area contributed by atoms with Gasteiger partial charge in [0.2, 0.25) is 0 Å². The van der Waals surface area contributed by atoms with Crippen molar-refractivity contribution in [2.24, 2.45) is 10.7 Å². The molecule has 146 valence electrons. The van der Waals surface area contributed by atoms with Crippen LogP contribution in [0.15, 0.2) is 23.2 Å². The summed E-state index contributed by atoms with van der Waals surface area (Å²) in [4.78, 5) is 4.48. The van der Waals surface area contributed by atoms with Gasteiger partial charge in [0.1, 0.15) is 6.10 Å². The Labute approximate surface area is 172 Å². The first-order valence-electron chi connectivity index (χ1n) is 9.23. The smallest absolute Gasteiger partial charge is 0.193 e. The molecule has 1 atom stereocenters. The van der Waals surface area contributed by atoms with E-state index in [1.165, 1.54) is 11.1 Å². The number of anilines is 1. The first-order valence-corrected chi connectivity index (χ1v) is 9.23. The summed E-state index contributed by atoms with van der Waals surface area (Å²) < 4.78 is 17.4. The Morgan fingerprint density at radius 2 is 1.88 bits per heavy atom. The summed E-state index contributed by atoms with van der Waals surface area (Å²) in [5.74, 6) is -0.0442. The number of ether oxygens (including phenoxy) is 3. The molecule has 2 fully saturated rings.